The lowest BCUT2D eigenvalue weighted by molar-refractivity contribution is 0.308. The fraction of sp³-hybridized carbons (Fsp3) is 0.316. The summed E-state index contributed by atoms with van der Waals surface area (Å²) in [5.41, 5.74) is 16.7. The smallest absolute Gasteiger partial charge is 0.142 e. The van der Waals surface area contributed by atoms with E-state index in [0.717, 1.165) is 81.6 Å². The normalized spacial score (nSPS) is 17.7. The molecule has 2 fully saturated rings. The number of nitrogens with one attached hydrogen (secondary N) is 2. The van der Waals surface area contributed by atoms with Gasteiger partial charge in [0, 0.05) is 30.4 Å². The van der Waals surface area contributed by atoms with E-state index in [1.54, 1.807) is 6.33 Å². The molecule has 6 aromatic rings. The molecule has 2 aliphatic heterocycles. The largest absolute Gasteiger partial charge is 0.356 e. The average molecular weight is 598 g/mol. The number of nitrogens with two attached hydrogens (primary N) is 2. The van der Waals surface area contributed by atoms with Gasteiger partial charge in [-0.15, -0.1) is 0 Å². The number of nitrogens with zero attached hydrogens (tertiary/aromatic N) is 3. The number of anilines is 1. The molecule has 0 unspecified atom stereocenters. The average Bonchev–Trinajstić information content (AvgIpc) is 3.55. The first-order valence-electron chi connectivity index (χ1n) is 16.2. The summed E-state index contributed by atoms with van der Waals surface area (Å²) >= 11 is 0. The summed E-state index contributed by atoms with van der Waals surface area (Å²) in [5.74, 6) is 1.01. The summed E-state index contributed by atoms with van der Waals surface area (Å²) < 4.78 is 0. The van der Waals surface area contributed by atoms with Gasteiger partial charge < -0.3 is 26.7 Å². The number of hydrogen-bond acceptors (Lipinski definition) is 6. The predicted octanol–water partition coefficient (Wildman–Crippen LogP) is 6.11. The van der Waals surface area contributed by atoms with Crippen molar-refractivity contribution < 1.29 is 0 Å². The molecule has 8 rings (SSSR count). The molecular formula is C38H43N7. The van der Waals surface area contributed by atoms with Crippen LogP contribution in [0.5, 0.6) is 0 Å². The minimum Gasteiger partial charge on any atom is -0.356 e. The molecule has 0 spiro atoms. The van der Waals surface area contributed by atoms with Crippen LogP contribution in [0.1, 0.15) is 36.8 Å². The number of piperidine rings is 2. The molecule has 7 nitrogen and oxygen atoms in total. The van der Waals surface area contributed by atoms with Gasteiger partial charge >= 0.3 is 0 Å². The van der Waals surface area contributed by atoms with Crippen molar-refractivity contribution in [1.29, 1.82) is 0 Å². The fourth-order valence-electron chi connectivity index (χ4n) is 7.06. The third-order valence-corrected chi connectivity index (χ3v) is 9.73. The molecule has 6 N–H and O–H groups in total. The highest BCUT2D eigenvalue weighted by Gasteiger charge is 2.32. The second kappa shape index (κ2) is 12.6. The van der Waals surface area contributed by atoms with E-state index in [4.69, 9.17) is 11.5 Å². The number of fused-ring (bicyclic) bond motifs is 3. The Morgan fingerprint density at radius 3 is 1.80 bits per heavy atom. The van der Waals surface area contributed by atoms with Crippen LogP contribution in [-0.4, -0.2) is 52.2 Å². The van der Waals surface area contributed by atoms with Gasteiger partial charge in [0.05, 0.1) is 5.39 Å². The summed E-state index contributed by atoms with van der Waals surface area (Å²) in [6.45, 7) is 3.93. The van der Waals surface area contributed by atoms with E-state index in [0.29, 0.717) is 0 Å². The zero-order valence-corrected chi connectivity index (χ0v) is 25.9. The minimum atomic E-state index is -0.163. The fourth-order valence-corrected chi connectivity index (χ4v) is 7.06. The van der Waals surface area contributed by atoms with Crippen molar-refractivity contribution in [2.45, 2.75) is 49.6 Å². The van der Waals surface area contributed by atoms with Crippen LogP contribution in [0, 0.1) is 0 Å². The van der Waals surface area contributed by atoms with Crippen LogP contribution in [0.4, 0.5) is 5.82 Å². The van der Waals surface area contributed by atoms with Crippen molar-refractivity contribution in [2.75, 3.05) is 31.1 Å². The maximum atomic E-state index is 6.80. The van der Waals surface area contributed by atoms with Crippen LogP contribution in [0.2, 0.25) is 0 Å². The van der Waals surface area contributed by atoms with Crippen molar-refractivity contribution in [3.63, 3.8) is 0 Å². The number of benzene rings is 4. The monoisotopic (exact) mass is 597 g/mol. The van der Waals surface area contributed by atoms with Crippen LogP contribution in [0.25, 0.3) is 32.6 Å². The molecule has 230 valence electrons. The van der Waals surface area contributed by atoms with Gasteiger partial charge in [-0.05, 0) is 90.4 Å². The molecule has 45 heavy (non-hydrogen) atoms. The van der Waals surface area contributed by atoms with Crippen LogP contribution >= 0.6 is 0 Å². The summed E-state index contributed by atoms with van der Waals surface area (Å²) in [4.78, 5) is 14.3. The van der Waals surface area contributed by atoms with Gasteiger partial charge in [0.2, 0.25) is 0 Å². The molecule has 0 aliphatic carbocycles. The number of rotatable bonds is 5. The summed E-state index contributed by atoms with van der Waals surface area (Å²) in [5, 5.41) is 9.63. The highest BCUT2D eigenvalue weighted by Crippen LogP contribution is 2.30. The molecule has 4 aromatic carbocycles. The molecule has 0 amide bonds. The van der Waals surface area contributed by atoms with Gasteiger partial charge in [0.1, 0.15) is 17.8 Å². The maximum absolute atomic E-state index is 6.80. The number of aromatic nitrogens is 3. The van der Waals surface area contributed by atoms with E-state index in [1.807, 2.05) is 12.3 Å². The van der Waals surface area contributed by atoms with E-state index < -0.39 is 0 Å². The Kier molecular flexibility index (Phi) is 8.23. The second-order valence-corrected chi connectivity index (χ2v) is 13.1. The van der Waals surface area contributed by atoms with Gasteiger partial charge in [-0.1, -0.05) is 84.9 Å². The topological polar surface area (TPSA) is 109 Å². The van der Waals surface area contributed by atoms with Gasteiger partial charge in [0.15, 0.2) is 0 Å². The third kappa shape index (κ3) is 6.71. The van der Waals surface area contributed by atoms with Crippen molar-refractivity contribution in [2.24, 2.45) is 11.5 Å². The van der Waals surface area contributed by atoms with Crippen molar-refractivity contribution in [3.05, 3.63) is 115 Å². The maximum Gasteiger partial charge on any atom is 0.142 e. The predicted molar refractivity (Wildman–Crippen MR) is 187 cm³/mol. The first kappa shape index (κ1) is 29.4. The van der Waals surface area contributed by atoms with Crippen molar-refractivity contribution in [1.82, 2.24) is 20.3 Å². The number of H-pyrrole nitrogens is 1. The first-order valence-corrected chi connectivity index (χ1v) is 16.2. The molecule has 4 heterocycles. The highest BCUT2D eigenvalue weighted by atomic mass is 15.2. The molecular weight excluding hydrogens is 554 g/mol. The van der Waals surface area contributed by atoms with Crippen LogP contribution < -0.4 is 21.7 Å². The summed E-state index contributed by atoms with van der Waals surface area (Å²) in [6, 6.07) is 32.4. The van der Waals surface area contributed by atoms with Gasteiger partial charge in [-0.25, -0.2) is 9.97 Å². The Morgan fingerprint density at radius 1 is 0.644 bits per heavy atom. The quantitative estimate of drug-likeness (QED) is 0.191. The van der Waals surface area contributed by atoms with E-state index >= 15 is 0 Å². The van der Waals surface area contributed by atoms with Crippen molar-refractivity contribution in [3.8, 4) is 0 Å². The SMILES string of the molecule is NC1(Cc2ccc3ccccc3c2)CCN(c2ncnc3[nH]ccc23)CC1.NC1(Cc2ccc3ccccc3c2)CCNCC1. The molecule has 2 saturated heterocycles. The van der Waals surface area contributed by atoms with Crippen LogP contribution in [0.3, 0.4) is 0 Å². The Bertz CT molecular complexity index is 1900. The standard InChI is InChI=1S/C22H23N5.C16H20N2/c23-22(14-16-5-6-17-3-1-2-4-18(17)13-16)8-11-27(12-9-22)21-19-7-10-24-20(19)25-15-26-21;17-16(7-9-18-10-8-16)12-13-5-6-14-3-1-2-4-15(14)11-13/h1-7,10,13,15H,8-9,11-12,14,23H2,(H,24,25,26);1-6,11,18H,7-10,12,17H2. The molecule has 2 aromatic heterocycles. The first-order chi connectivity index (χ1) is 22.0. The minimum absolute atomic E-state index is 0.0201. The van der Waals surface area contributed by atoms with Gasteiger partial charge in [-0.3, -0.25) is 0 Å². The zero-order valence-electron chi connectivity index (χ0n) is 25.9. The van der Waals surface area contributed by atoms with E-state index in [9.17, 15) is 0 Å². The van der Waals surface area contributed by atoms with E-state index in [-0.39, 0.29) is 11.1 Å². The third-order valence-electron chi connectivity index (χ3n) is 9.73. The number of aromatic amines is 1. The van der Waals surface area contributed by atoms with E-state index in [1.165, 1.54) is 32.7 Å². The van der Waals surface area contributed by atoms with Gasteiger partial charge in [0.25, 0.3) is 0 Å². The lowest BCUT2D eigenvalue weighted by atomic mass is 9.82. The molecule has 0 radical (unpaired) electrons. The molecule has 0 bridgehead atoms. The molecule has 7 heteroatoms. The lowest BCUT2D eigenvalue weighted by Gasteiger charge is -2.40. The van der Waals surface area contributed by atoms with Crippen LogP contribution in [-0.2, 0) is 12.8 Å². The summed E-state index contributed by atoms with van der Waals surface area (Å²) in [7, 11) is 0. The Balaban J connectivity index is 0.000000157. The zero-order chi connectivity index (χ0) is 30.7. The Morgan fingerprint density at radius 2 is 1.20 bits per heavy atom. The second-order valence-electron chi connectivity index (χ2n) is 13.1. The van der Waals surface area contributed by atoms with Crippen molar-refractivity contribution >= 4 is 38.4 Å². The molecule has 2 aliphatic rings. The Labute approximate surface area is 265 Å². The molecule has 0 saturated carbocycles. The summed E-state index contributed by atoms with van der Waals surface area (Å²) in [6.07, 6.45) is 9.49. The molecule has 0 atom stereocenters. The van der Waals surface area contributed by atoms with Crippen LogP contribution in [0.15, 0.2) is 104 Å². The van der Waals surface area contributed by atoms with E-state index in [2.05, 4.69) is 110 Å². The number of hydrogen-bond donors (Lipinski definition) is 4. The lowest BCUT2D eigenvalue weighted by Crippen LogP contribution is -2.52. The highest BCUT2D eigenvalue weighted by molar-refractivity contribution is 5.87. The van der Waals surface area contributed by atoms with Gasteiger partial charge in [-0.2, -0.15) is 0 Å². The Hall–Kier alpha value is -4.30.